The molecule has 0 saturated carbocycles. The lowest BCUT2D eigenvalue weighted by Gasteiger charge is -2.05. The van der Waals surface area contributed by atoms with Gasteiger partial charge in [0.05, 0.1) is 7.11 Å². The van der Waals surface area contributed by atoms with E-state index in [4.69, 9.17) is 16.3 Å². The maximum absolute atomic E-state index is 5.86. The Labute approximate surface area is 98.2 Å². The number of ether oxygens (including phenoxy) is 1. The third kappa shape index (κ3) is 2.61. The lowest BCUT2D eigenvalue weighted by molar-refractivity contribution is 0.392. The molecule has 0 saturated heterocycles. The smallest absolute Gasteiger partial charge is 0.233 e. The Morgan fingerprint density at radius 2 is 2.06 bits per heavy atom. The van der Waals surface area contributed by atoms with E-state index in [-0.39, 0.29) is 0 Å². The van der Waals surface area contributed by atoms with E-state index >= 15 is 0 Å². The number of rotatable bonds is 3. The number of aromatic nitrogens is 2. The predicted octanol–water partition coefficient (Wildman–Crippen LogP) is 2.88. The molecule has 82 valence electrons. The van der Waals surface area contributed by atoms with Crippen molar-refractivity contribution in [3.8, 4) is 5.88 Å². The average molecular weight is 236 g/mol. The molecule has 0 bridgehead atoms. The van der Waals surface area contributed by atoms with Gasteiger partial charge in [-0.1, -0.05) is 17.7 Å². The molecule has 5 heteroatoms. The molecular formula is C11H10ClN3O. The molecule has 0 aliphatic heterocycles. The van der Waals surface area contributed by atoms with Crippen LogP contribution in [0, 0.1) is 0 Å². The Balaban J connectivity index is 2.14. The summed E-state index contributed by atoms with van der Waals surface area (Å²) in [5.41, 5.74) is 0.868. The van der Waals surface area contributed by atoms with Crippen molar-refractivity contribution in [2.45, 2.75) is 0 Å². The first-order chi connectivity index (χ1) is 7.78. The number of methoxy groups -OCH3 is 1. The first-order valence-corrected chi connectivity index (χ1v) is 5.06. The van der Waals surface area contributed by atoms with E-state index in [0.29, 0.717) is 16.7 Å². The summed E-state index contributed by atoms with van der Waals surface area (Å²) in [6.07, 6.45) is 0. The Bertz CT molecular complexity index is 473. The van der Waals surface area contributed by atoms with Crippen molar-refractivity contribution in [3.05, 3.63) is 41.4 Å². The van der Waals surface area contributed by atoms with E-state index < -0.39 is 0 Å². The topological polar surface area (TPSA) is 47.0 Å². The molecule has 16 heavy (non-hydrogen) atoms. The van der Waals surface area contributed by atoms with E-state index in [1.54, 1.807) is 19.2 Å². The van der Waals surface area contributed by atoms with Crippen molar-refractivity contribution in [1.82, 2.24) is 10.2 Å². The molecule has 4 nitrogen and oxygen atoms in total. The molecule has 2 rings (SSSR count). The molecular weight excluding hydrogens is 226 g/mol. The van der Waals surface area contributed by atoms with Crippen molar-refractivity contribution >= 4 is 23.1 Å². The van der Waals surface area contributed by atoms with Crippen LogP contribution >= 0.6 is 11.6 Å². The standard InChI is InChI=1S/C11H10ClN3O/c1-16-11-6-5-10(14-15-11)13-9-4-2-3-8(12)7-9/h2-7H,1H3,(H,13,14). The van der Waals surface area contributed by atoms with Gasteiger partial charge in [0.15, 0.2) is 5.82 Å². The predicted molar refractivity (Wildman–Crippen MR) is 63.3 cm³/mol. The lowest BCUT2D eigenvalue weighted by atomic mass is 10.3. The number of benzene rings is 1. The number of halogens is 1. The zero-order valence-corrected chi connectivity index (χ0v) is 9.40. The van der Waals surface area contributed by atoms with Crippen LogP contribution in [0.2, 0.25) is 5.02 Å². The quantitative estimate of drug-likeness (QED) is 0.889. The summed E-state index contributed by atoms with van der Waals surface area (Å²) in [7, 11) is 1.55. The summed E-state index contributed by atoms with van der Waals surface area (Å²) in [6, 6.07) is 10.9. The van der Waals surface area contributed by atoms with Gasteiger partial charge in [0, 0.05) is 16.8 Å². The van der Waals surface area contributed by atoms with Crippen LogP contribution in [0.15, 0.2) is 36.4 Å². The third-order valence-corrected chi connectivity index (χ3v) is 2.18. The van der Waals surface area contributed by atoms with Gasteiger partial charge < -0.3 is 10.1 Å². The Morgan fingerprint density at radius 3 is 2.69 bits per heavy atom. The Kier molecular flexibility index (Phi) is 3.22. The largest absolute Gasteiger partial charge is 0.480 e. The highest BCUT2D eigenvalue weighted by Crippen LogP contribution is 2.18. The molecule has 1 N–H and O–H groups in total. The molecule has 1 heterocycles. The number of hydrogen-bond acceptors (Lipinski definition) is 4. The van der Waals surface area contributed by atoms with Crippen LogP contribution < -0.4 is 10.1 Å². The van der Waals surface area contributed by atoms with Crippen molar-refractivity contribution in [1.29, 1.82) is 0 Å². The Morgan fingerprint density at radius 1 is 1.19 bits per heavy atom. The molecule has 0 aliphatic carbocycles. The zero-order chi connectivity index (χ0) is 11.4. The van der Waals surface area contributed by atoms with Crippen molar-refractivity contribution < 1.29 is 4.74 Å². The second-order valence-electron chi connectivity index (χ2n) is 3.10. The molecule has 0 atom stereocenters. The van der Waals surface area contributed by atoms with Gasteiger partial charge in [-0.25, -0.2) is 0 Å². The van der Waals surface area contributed by atoms with Gasteiger partial charge in [-0.05, 0) is 24.3 Å². The normalized spacial score (nSPS) is 9.88. The van der Waals surface area contributed by atoms with Gasteiger partial charge in [-0.15, -0.1) is 10.2 Å². The van der Waals surface area contributed by atoms with Crippen LogP contribution in [0.25, 0.3) is 0 Å². The monoisotopic (exact) mass is 235 g/mol. The summed E-state index contributed by atoms with van der Waals surface area (Å²) in [4.78, 5) is 0. The third-order valence-electron chi connectivity index (χ3n) is 1.95. The second-order valence-corrected chi connectivity index (χ2v) is 3.53. The zero-order valence-electron chi connectivity index (χ0n) is 8.64. The molecule has 1 aromatic heterocycles. The summed E-state index contributed by atoms with van der Waals surface area (Å²) in [5, 5.41) is 11.5. The molecule has 0 unspecified atom stereocenters. The molecule has 0 fully saturated rings. The summed E-state index contributed by atoms with van der Waals surface area (Å²) >= 11 is 5.86. The first-order valence-electron chi connectivity index (χ1n) is 4.68. The van der Waals surface area contributed by atoms with E-state index in [1.807, 2.05) is 24.3 Å². The van der Waals surface area contributed by atoms with Gasteiger partial charge in [0.1, 0.15) is 0 Å². The van der Waals surface area contributed by atoms with E-state index in [1.165, 1.54) is 0 Å². The first kappa shape index (κ1) is 10.7. The molecule has 1 aromatic carbocycles. The Hall–Kier alpha value is -1.81. The van der Waals surface area contributed by atoms with E-state index in [2.05, 4.69) is 15.5 Å². The summed E-state index contributed by atoms with van der Waals surface area (Å²) in [6.45, 7) is 0. The number of anilines is 2. The van der Waals surface area contributed by atoms with Gasteiger partial charge in [0.2, 0.25) is 5.88 Å². The molecule has 0 radical (unpaired) electrons. The molecule has 0 spiro atoms. The average Bonchev–Trinajstić information content (AvgIpc) is 2.30. The minimum Gasteiger partial charge on any atom is -0.480 e. The van der Waals surface area contributed by atoms with Gasteiger partial charge >= 0.3 is 0 Å². The van der Waals surface area contributed by atoms with Crippen molar-refractivity contribution in [2.24, 2.45) is 0 Å². The molecule has 2 aromatic rings. The molecule has 0 amide bonds. The van der Waals surface area contributed by atoms with Crippen LogP contribution in [0.1, 0.15) is 0 Å². The van der Waals surface area contributed by atoms with Crippen molar-refractivity contribution in [3.63, 3.8) is 0 Å². The van der Waals surface area contributed by atoms with Gasteiger partial charge in [0.25, 0.3) is 0 Å². The second kappa shape index (κ2) is 4.81. The minimum atomic E-state index is 0.483. The SMILES string of the molecule is COc1ccc(Nc2cccc(Cl)c2)nn1. The highest BCUT2D eigenvalue weighted by Gasteiger charge is 1.98. The molecule has 0 aliphatic rings. The lowest BCUT2D eigenvalue weighted by Crippen LogP contribution is -1.96. The fourth-order valence-corrected chi connectivity index (χ4v) is 1.40. The fourth-order valence-electron chi connectivity index (χ4n) is 1.21. The van der Waals surface area contributed by atoms with Crippen LogP contribution in [-0.2, 0) is 0 Å². The van der Waals surface area contributed by atoms with Gasteiger partial charge in [-0.2, -0.15) is 0 Å². The highest BCUT2D eigenvalue weighted by molar-refractivity contribution is 6.30. The minimum absolute atomic E-state index is 0.483. The van der Waals surface area contributed by atoms with Crippen LogP contribution in [0.4, 0.5) is 11.5 Å². The fraction of sp³-hybridized carbons (Fsp3) is 0.0909. The van der Waals surface area contributed by atoms with Gasteiger partial charge in [-0.3, -0.25) is 0 Å². The van der Waals surface area contributed by atoms with E-state index in [0.717, 1.165) is 5.69 Å². The van der Waals surface area contributed by atoms with Crippen molar-refractivity contribution in [2.75, 3.05) is 12.4 Å². The number of nitrogens with zero attached hydrogens (tertiary/aromatic N) is 2. The summed E-state index contributed by atoms with van der Waals surface area (Å²) in [5.74, 6) is 1.12. The maximum Gasteiger partial charge on any atom is 0.233 e. The number of nitrogens with one attached hydrogen (secondary N) is 1. The van der Waals surface area contributed by atoms with Crippen LogP contribution in [0.3, 0.4) is 0 Å². The summed E-state index contributed by atoms with van der Waals surface area (Å²) < 4.78 is 4.92. The number of hydrogen-bond donors (Lipinski definition) is 1. The van der Waals surface area contributed by atoms with E-state index in [9.17, 15) is 0 Å². The maximum atomic E-state index is 5.86. The highest BCUT2D eigenvalue weighted by atomic mass is 35.5. The van der Waals surface area contributed by atoms with Crippen LogP contribution in [-0.4, -0.2) is 17.3 Å². The van der Waals surface area contributed by atoms with Crippen LogP contribution in [0.5, 0.6) is 5.88 Å².